The third-order valence-corrected chi connectivity index (χ3v) is 3.66. The van der Waals surface area contributed by atoms with E-state index in [1.54, 1.807) is 18.2 Å². The first-order valence-electron chi connectivity index (χ1n) is 6.35. The lowest BCUT2D eigenvalue weighted by Crippen LogP contribution is -2.27. The lowest BCUT2D eigenvalue weighted by Gasteiger charge is -2.21. The molecule has 98 valence electrons. The molecule has 0 aliphatic carbocycles. The van der Waals surface area contributed by atoms with Crippen molar-refractivity contribution in [2.45, 2.75) is 32.9 Å². The van der Waals surface area contributed by atoms with Gasteiger partial charge in [0.25, 0.3) is 0 Å². The molecule has 0 bridgehead atoms. The lowest BCUT2D eigenvalue weighted by molar-refractivity contribution is 0.253. The normalized spacial score (nSPS) is 24.4. The molecule has 1 aliphatic heterocycles. The molecule has 0 spiro atoms. The van der Waals surface area contributed by atoms with Crippen LogP contribution in [0.1, 0.15) is 31.4 Å². The molecule has 1 fully saturated rings. The van der Waals surface area contributed by atoms with Crippen LogP contribution < -0.4 is 5.73 Å². The van der Waals surface area contributed by atoms with E-state index in [-0.39, 0.29) is 17.2 Å². The van der Waals surface area contributed by atoms with Crippen molar-refractivity contribution in [3.63, 3.8) is 0 Å². The molecule has 2 unspecified atom stereocenters. The van der Waals surface area contributed by atoms with Gasteiger partial charge in [-0.1, -0.05) is 19.1 Å². The van der Waals surface area contributed by atoms with E-state index >= 15 is 0 Å². The van der Waals surface area contributed by atoms with E-state index in [9.17, 15) is 4.39 Å². The highest BCUT2D eigenvalue weighted by Gasteiger charge is 2.26. The average molecular weight is 249 g/mol. The van der Waals surface area contributed by atoms with Gasteiger partial charge in [-0.3, -0.25) is 10.3 Å². The molecule has 0 amide bonds. The number of benzene rings is 1. The number of hydrogen-bond donors (Lipinski definition) is 2. The Hall–Kier alpha value is -1.42. The van der Waals surface area contributed by atoms with Crippen molar-refractivity contribution in [3.8, 4) is 0 Å². The van der Waals surface area contributed by atoms with Gasteiger partial charge >= 0.3 is 0 Å². The van der Waals surface area contributed by atoms with Gasteiger partial charge in [0.2, 0.25) is 0 Å². The van der Waals surface area contributed by atoms with Crippen molar-refractivity contribution < 1.29 is 4.39 Å². The fraction of sp³-hybridized carbons (Fsp3) is 0.500. The van der Waals surface area contributed by atoms with Crippen molar-refractivity contribution in [2.75, 3.05) is 6.54 Å². The van der Waals surface area contributed by atoms with Gasteiger partial charge < -0.3 is 5.73 Å². The fourth-order valence-electron chi connectivity index (χ4n) is 2.74. The van der Waals surface area contributed by atoms with Gasteiger partial charge in [-0.25, -0.2) is 4.39 Å². The smallest absolute Gasteiger partial charge is 0.138 e. The second-order valence-electron chi connectivity index (χ2n) is 5.31. The van der Waals surface area contributed by atoms with E-state index in [0.29, 0.717) is 24.1 Å². The maximum Gasteiger partial charge on any atom is 0.138 e. The summed E-state index contributed by atoms with van der Waals surface area (Å²) in [6.45, 7) is 6.00. The predicted octanol–water partition coefficient (Wildman–Crippen LogP) is 2.34. The Balaban J connectivity index is 2.19. The van der Waals surface area contributed by atoms with E-state index in [1.807, 2.05) is 0 Å². The van der Waals surface area contributed by atoms with Crippen LogP contribution in [0.5, 0.6) is 0 Å². The molecule has 3 N–H and O–H groups in total. The Morgan fingerprint density at radius 3 is 2.78 bits per heavy atom. The molecule has 2 rings (SSSR count). The highest BCUT2D eigenvalue weighted by atomic mass is 19.1. The fourth-order valence-corrected chi connectivity index (χ4v) is 2.74. The number of likely N-dealkylation sites (tertiary alicyclic amines) is 1. The Labute approximate surface area is 107 Å². The van der Waals surface area contributed by atoms with Crippen LogP contribution in [0.15, 0.2) is 18.2 Å². The number of rotatable bonds is 3. The van der Waals surface area contributed by atoms with Gasteiger partial charge in [0.1, 0.15) is 11.7 Å². The maximum absolute atomic E-state index is 14.2. The molecular weight excluding hydrogens is 229 g/mol. The molecule has 1 saturated heterocycles. The summed E-state index contributed by atoms with van der Waals surface area (Å²) in [5, 5.41) is 7.35. The van der Waals surface area contributed by atoms with Gasteiger partial charge in [-0.15, -0.1) is 0 Å². The lowest BCUT2D eigenvalue weighted by atomic mass is 10.1. The molecule has 1 aromatic rings. The zero-order valence-electron chi connectivity index (χ0n) is 10.9. The van der Waals surface area contributed by atoms with E-state index in [1.165, 1.54) is 0 Å². The number of nitrogens with two attached hydrogens (primary N) is 1. The third kappa shape index (κ3) is 2.53. The zero-order valence-corrected chi connectivity index (χ0v) is 10.9. The van der Waals surface area contributed by atoms with Crippen LogP contribution in [0.2, 0.25) is 0 Å². The molecule has 1 aliphatic rings. The summed E-state index contributed by atoms with van der Waals surface area (Å²) in [5.74, 6) is 0.105. The molecule has 1 aromatic carbocycles. The highest BCUT2D eigenvalue weighted by Crippen LogP contribution is 2.25. The van der Waals surface area contributed by atoms with Crippen LogP contribution in [-0.4, -0.2) is 23.3 Å². The molecule has 2 atom stereocenters. The molecular formula is C14H20FN3. The van der Waals surface area contributed by atoms with Crippen LogP contribution in [-0.2, 0) is 6.54 Å². The molecule has 3 nitrogen and oxygen atoms in total. The summed E-state index contributed by atoms with van der Waals surface area (Å²) in [6.07, 6.45) is 1.16. The van der Waals surface area contributed by atoms with Crippen LogP contribution >= 0.6 is 0 Å². The molecule has 4 heteroatoms. The number of nitrogen functional groups attached to an aromatic ring is 1. The second-order valence-corrected chi connectivity index (χ2v) is 5.31. The SMILES string of the molecule is CC1CC(C)N(Cc2cccc(C(=N)N)c2F)C1. The summed E-state index contributed by atoms with van der Waals surface area (Å²) >= 11 is 0. The number of hydrogen-bond acceptors (Lipinski definition) is 2. The minimum atomic E-state index is -0.350. The van der Waals surface area contributed by atoms with E-state index < -0.39 is 0 Å². The standard InChI is InChI=1S/C14H20FN3/c1-9-6-10(2)18(7-9)8-11-4-3-5-12(13(11)15)14(16)17/h3-5,9-10H,6-8H2,1-2H3,(H3,16,17). The first-order chi connectivity index (χ1) is 8.49. The first-order valence-corrected chi connectivity index (χ1v) is 6.35. The summed E-state index contributed by atoms with van der Waals surface area (Å²) in [5.41, 5.74) is 6.20. The second kappa shape index (κ2) is 5.06. The highest BCUT2D eigenvalue weighted by molar-refractivity contribution is 5.95. The largest absolute Gasteiger partial charge is 0.384 e. The molecule has 0 radical (unpaired) electrons. The van der Waals surface area contributed by atoms with Crippen molar-refractivity contribution in [3.05, 3.63) is 35.1 Å². The van der Waals surface area contributed by atoms with Crippen molar-refractivity contribution in [1.29, 1.82) is 5.41 Å². The van der Waals surface area contributed by atoms with Crippen LogP contribution in [0, 0.1) is 17.1 Å². The molecule has 18 heavy (non-hydrogen) atoms. The number of nitrogens with one attached hydrogen (secondary N) is 1. The molecule has 0 saturated carbocycles. The van der Waals surface area contributed by atoms with Crippen molar-refractivity contribution in [2.24, 2.45) is 11.7 Å². The van der Waals surface area contributed by atoms with Crippen LogP contribution in [0.4, 0.5) is 4.39 Å². The minimum Gasteiger partial charge on any atom is -0.384 e. The average Bonchev–Trinajstić information content (AvgIpc) is 2.60. The quantitative estimate of drug-likeness (QED) is 0.638. The van der Waals surface area contributed by atoms with Gasteiger partial charge in [0, 0.05) is 24.7 Å². The summed E-state index contributed by atoms with van der Waals surface area (Å²) in [7, 11) is 0. The number of halogens is 1. The van der Waals surface area contributed by atoms with Crippen molar-refractivity contribution >= 4 is 5.84 Å². The van der Waals surface area contributed by atoms with Gasteiger partial charge in [-0.2, -0.15) is 0 Å². The Bertz CT molecular complexity index is 458. The van der Waals surface area contributed by atoms with Gasteiger partial charge in [-0.05, 0) is 25.3 Å². The zero-order chi connectivity index (χ0) is 13.3. The molecule has 1 heterocycles. The topological polar surface area (TPSA) is 53.1 Å². The third-order valence-electron chi connectivity index (χ3n) is 3.66. The van der Waals surface area contributed by atoms with Gasteiger partial charge in [0.05, 0.1) is 5.56 Å². The monoisotopic (exact) mass is 249 g/mol. The van der Waals surface area contributed by atoms with Gasteiger partial charge in [0.15, 0.2) is 0 Å². The number of nitrogens with zero attached hydrogens (tertiary/aromatic N) is 1. The Morgan fingerprint density at radius 2 is 2.22 bits per heavy atom. The molecule has 0 aromatic heterocycles. The Morgan fingerprint density at radius 1 is 1.50 bits per heavy atom. The van der Waals surface area contributed by atoms with E-state index in [4.69, 9.17) is 11.1 Å². The van der Waals surface area contributed by atoms with E-state index in [2.05, 4.69) is 18.7 Å². The maximum atomic E-state index is 14.2. The summed E-state index contributed by atoms with van der Waals surface area (Å²) < 4.78 is 14.2. The predicted molar refractivity (Wildman–Crippen MR) is 71.1 cm³/mol. The van der Waals surface area contributed by atoms with Crippen LogP contribution in [0.25, 0.3) is 0 Å². The minimum absolute atomic E-state index is 0.201. The van der Waals surface area contributed by atoms with Crippen molar-refractivity contribution in [1.82, 2.24) is 4.90 Å². The Kier molecular flexibility index (Phi) is 3.66. The summed E-state index contributed by atoms with van der Waals surface area (Å²) in [6, 6.07) is 5.58. The van der Waals surface area contributed by atoms with E-state index in [0.717, 1.165) is 13.0 Å². The summed E-state index contributed by atoms with van der Waals surface area (Å²) in [4.78, 5) is 2.28. The first kappa shape index (κ1) is 13.0. The van der Waals surface area contributed by atoms with Crippen LogP contribution in [0.3, 0.4) is 0 Å². The number of amidine groups is 1.